The van der Waals surface area contributed by atoms with Crippen molar-refractivity contribution in [2.75, 3.05) is 0 Å². The topological polar surface area (TPSA) is 46.5 Å². The maximum absolute atomic E-state index is 12.1. The summed E-state index contributed by atoms with van der Waals surface area (Å²) >= 11 is 11.7. The Hall–Kier alpha value is -2.46. The molecular weight excluding hydrogens is 739 g/mol. The van der Waals surface area contributed by atoms with E-state index >= 15 is 0 Å². The zero-order chi connectivity index (χ0) is 26.4. The van der Waals surface area contributed by atoms with Crippen LogP contribution in [0.3, 0.4) is 0 Å². The average Bonchev–Trinajstić information content (AvgIpc) is 3.30. The van der Waals surface area contributed by atoms with E-state index in [1.807, 2.05) is 53.8 Å². The van der Waals surface area contributed by atoms with Gasteiger partial charge in [0.25, 0.3) is 0 Å². The molecule has 0 spiro atoms. The number of carboxylic acid groups (broad SMARTS) is 1. The van der Waals surface area contributed by atoms with E-state index in [0.29, 0.717) is 14.7 Å². The van der Waals surface area contributed by atoms with Gasteiger partial charge in [-0.1, -0.05) is 72.8 Å². The number of benzene rings is 5. The van der Waals surface area contributed by atoms with E-state index in [-0.39, 0.29) is 6.42 Å². The lowest BCUT2D eigenvalue weighted by Gasteiger charge is -2.19. The maximum atomic E-state index is 12.1. The third-order valence-electron chi connectivity index (χ3n) is 6.56. The Labute approximate surface area is 253 Å². The lowest BCUT2D eigenvalue weighted by Crippen LogP contribution is -2.29. The molecule has 0 radical (unpaired) electrons. The molecule has 0 amide bonds. The number of hydrogen-bond acceptors (Lipinski definition) is 3. The first-order chi connectivity index (χ1) is 18.4. The summed E-state index contributed by atoms with van der Waals surface area (Å²) in [7, 11) is 0. The molecule has 0 aliphatic carbocycles. The molecule has 5 aromatic carbocycles. The number of ether oxygens (including phenoxy) is 1. The second-order valence-corrected chi connectivity index (χ2v) is 12.8. The Morgan fingerprint density at radius 3 is 2.16 bits per heavy atom. The fraction of sp³-hybridized carbons (Fsp3) is 0.0645. The van der Waals surface area contributed by atoms with Crippen LogP contribution in [0.4, 0.5) is 0 Å². The number of carboxylic acids is 1. The summed E-state index contributed by atoms with van der Waals surface area (Å²) in [6.45, 7) is 0. The summed E-state index contributed by atoms with van der Waals surface area (Å²) in [5.74, 6) is -0.537. The molecule has 6 aromatic rings. The molecule has 188 valence electrons. The van der Waals surface area contributed by atoms with E-state index in [0.717, 1.165) is 16.7 Å². The Bertz CT molecular complexity index is 1830. The highest BCUT2D eigenvalue weighted by molar-refractivity contribution is 14.1. The molecule has 1 N–H and O–H groups in total. The standard InChI is InChI=1S/C31H19Br2IO3S/c32-22-15-18(16-23(33)29(22)37-24(31(35)36)14-17-8-2-1-3-9-17)26-19-10-4-5-11-20(19)28(34)30-27(26)21-12-6-7-13-25(21)38-30/h1-13,15-16,24H,14H2,(H,35,36)/t24-/m1/s1. The molecule has 0 unspecified atom stereocenters. The van der Waals surface area contributed by atoms with Crippen molar-refractivity contribution in [3.05, 3.63) is 109 Å². The summed E-state index contributed by atoms with van der Waals surface area (Å²) in [4.78, 5) is 12.1. The van der Waals surface area contributed by atoms with Crippen LogP contribution in [0.25, 0.3) is 42.1 Å². The van der Waals surface area contributed by atoms with Crippen molar-refractivity contribution in [1.29, 1.82) is 0 Å². The summed E-state index contributed by atoms with van der Waals surface area (Å²) in [6, 6.07) is 30.6. The fourth-order valence-corrected chi connectivity index (χ4v) is 8.47. The Kier molecular flexibility index (Phi) is 7.20. The van der Waals surface area contributed by atoms with Crippen molar-refractivity contribution in [2.45, 2.75) is 12.5 Å². The number of fused-ring (bicyclic) bond motifs is 4. The molecule has 7 heteroatoms. The normalized spacial score (nSPS) is 12.3. The van der Waals surface area contributed by atoms with Gasteiger partial charge in [-0.05, 0) is 100 Å². The van der Waals surface area contributed by atoms with Gasteiger partial charge in [0.2, 0.25) is 0 Å². The van der Waals surface area contributed by atoms with E-state index in [9.17, 15) is 9.90 Å². The zero-order valence-corrected chi connectivity index (χ0v) is 25.9. The van der Waals surface area contributed by atoms with Gasteiger partial charge in [0.15, 0.2) is 6.10 Å². The number of thiophene rings is 1. The van der Waals surface area contributed by atoms with Crippen LogP contribution in [0.2, 0.25) is 0 Å². The first kappa shape index (κ1) is 25.8. The van der Waals surface area contributed by atoms with Crippen LogP contribution in [0.1, 0.15) is 5.56 Å². The van der Waals surface area contributed by atoms with Crippen molar-refractivity contribution < 1.29 is 14.6 Å². The second-order valence-electron chi connectivity index (χ2n) is 8.94. The number of rotatable bonds is 6. The smallest absolute Gasteiger partial charge is 0.345 e. The van der Waals surface area contributed by atoms with Gasteiger partial charge in [-0.2, -0.15) is 0 Å². The van der Waals surface area contributed by atoms with Gasteiger partial charge in [0.1, 0.15) is 5.75 Å². The largest absolute Gasteiger partial charge is 0.478 e. The molecule has 0 bridgehead atoms. The first-order valence-electron chi connectivity index (χ1n) is 11.9. The van der Waals surface area contributed by atoms with Crippen LogP contribution >= 0.6 is 65.8 Å². The summed E-state index contributed by atoms with van der Waals surface area (Å²) in [5.41, 5.74) is 3.08. The molecule has 0 fully saturated rings. The monoisotopic (exact) mass is 756 g/mol. The van der Waals surface area contributed by atoms with Crippen molar-refractivity contribution in [3.8, 4) is 16.9 Å². The highest BCUT2D eigenvalue weighted by Gasteiger charge is 2.24. The van der Waals surface area contributed by atoms with Crippen molar-refractivity contribution >= 4 is 103 Å². The van der Waals surface area contributed by atoms with Crippen LogP contribution in [0.5, 0.6) is 5.75 Å². The lowest BCUT2D eigenvalue weighted by atomic mass is 9.93. The minimum atomic E-state index is -1.03. The Morgan fingerprint density at radius 2 is 1.47 bits per heavy atom. The molecule has 1 heterocycles. The van der Waals surface area contributed by atoms with Crippen LogP contribution < -0.4 is 4.74 Å². The average molecular weight is 758 g/mol. The van der Waals surface area contributed by atoms with Gasteiger partial charge < -0.3 is 9.84 Å². The molecule has 6 rings (SSSR count). The molecule has 38 heavy (non-hydrogen) atoms. The van der Waals surface area contributed by atoms with Gasteiger partial charge in [-0.25, -0.2) is 4.79 Å². The van der Waals surface area contributed by atoms with Crippen LogP contribution in [0, 0.1) is 3.57 Å². The molecule has 1 atom stereocenters. The number of carbonyl (C=O) groups is 1. The number of halogens is 3. The van der Waals surface area contributed by atoms with Gasteiger partial charge >= 0.3 is 5.97 Å². The number of hydrogen-bond donors (Lipinski definition) is 1. The van der Waals surface area contributed by atoms with Gasteiger partial charge in [0.05, 0.1) is 13.6 Å². The number of aliphatic carboxylic acids is 1. The molecule has 0 aliphatic rings. The third-order valence-corrected chi connectivity index (χ3v) is 10.4. The molecule has 3 nitrogen and oxygen atoms in total. The summed E-state index contributed by atoms with van der Waals surface area (Å²) in [5, 5.41) is 14.7. The predicted octanol–water partition coefficient (Wildman–Crippen LogP) is 10.1. The van der Waals surface area contributed by atoms with Gasteiger partial charge in [-0.3, -0.25) is 0 Å². The van der Waals surface area contributed by atoms with E-state index in [4.69, 9.17) is 4.74 Å². The zero-order valence-electron chi connectivity index (χ0n) is 19.8. The fourth-order valence-electron chi connectivity index (χ4n) is 4.86. The van der Waals surface area contributed by atoms with E-state index in [1.54, 1.807) is 0 Å². The maximum Gasteiger partial charge on any atom is 0.345 e. The SMILES string of the molecule is O=C(O)[C@@H](Cc1ccccc1)Oc1c(Br)cc(-c2c3ccccc3c(I)c3sc4ccccc4c23)cc1Br. The van der Waals surface area contributed by atoms with E-state index < -0.39 is 12.1 Å². The predicted molar refractivity (Wildman–Crippen MR) is 173 cm³/mol. The third kappa shape index (κ3) is 4.63. The molecule has 0 aliphatic heterocycles. The quantitative estimate of drug-likeness (QED) is 0.172. The Balaban J connectivity index is 1.52. The highest BCUT2D eigenvalue weighted by Crippen LogP contribution is 2.48. The molecule has 1 aromatic heterocycles. The van der Waals surface area contributed by atoms with Gasteiger partial charge in [-0.15, -0.1) is 11.3 Å². The Morgan fingerprint density at radius 1 is 0.868 bits per heavy atom. The molecular formula is C31H19Br2IO3S. The highest BCUT2D eigenvalue weighted by atomic mass is 127. The van der Waals surface area contributed by atoms with Gasteiger partial charge in [0, 0.05) is 25.5 Å². The van der Waals surface area contributed by atoms with E-state index in [2.05, 4.69) is 103 Å². The van der Waals surface area contributed by atoms with Crippen LogP contribution in [0.15, 0.2) is 99.9 Å². The van der Waals surface area contributed by atoms with Crippen molar-refractivity contribution in [1.82, 2.24) is 0 Å². The lowest BCUT2D eigenvalue weighted by molar-refractivity contribution is -0.145. The second kappa shape index (κ2) is 10.6. The minimum absolute atomic E-state index is 0.264. The summed E-state index contributed by atoms with van der Waals surface area (Å²) in [6.07, 6.45) is -0.761. The molecule has 0 saturated heterocycles. The first-order valence-corrected chi connectivity index (χ1v) is 15.3. The van der Waals surface area contributed by atoms with Crippen molar-refractivity contribution in [2.24, 2.45) is 0 Å². The van der Waals surface area contributed by atoms with Crippen molar-refractivity contribution in [3.63, 3.8) is 0 Å². The van der Waals surface area contributed by atoms with E-state index in [1.165, 1.54) is 34.5 Å². The van der Waals surface area contributed by atoms with Crippen LogP contribution in [-0.2, 0) is 11.2 Å². The summed E-state index contributed by atoms with van der Waals surface area (Å²) < 4.78 is 11.2. The van der Waals surface area contributed by atoms with Crippen LogP contribution in [-0.4, -0.2) is 17.2 Å². The minimum Gasteiger partial charge on any atom is -0.478 e. The molecule has 0 saturated carbocycles.